The Balaban J connectivity index is 2.49. The first-order chi connectivity index (χ1) is 16.3. The van der Waals surface area contributed by atoms with Crippen molar-refractivity contribution in [2.24, 2.45) is 0 Å². The molecule has 2 amide bonds. The number of carbonyl (C=O) groups excluding carboxylic acids is 2. The maximum Gasteiger partial charge on any atom is 0.244 e. The maximum absolute atomic E-state index is 14.5. The summed E-state index contributed by atoms with van der Waals surface area (Å²) in [6, 6.07) is 11.5. The van der Waals surface area contributed by atoms with Crippen molar-refractivity contribution in [1.29, 1.82) is 0 Å². The van der Waals surface area contributed by atoms with Crippen molar-refractivity contribution < 1.29 is 27.1 Å². The molecule has 1 N–H and O–H groups in total. The van der Waals surface area contributed by atoms with Crippen LogP contribution in [0.5, 0.6) is 5.75 Å². The van der Waals surface area contributed by atoms with E-state index < -0.39 is 39.9 Å². The number of methoxy groups -OCH3 is 1. The van der Waals surface area contributed by atoms with E-state index in [1.807, 2.05) is 20.8 Å². The van der Waals surface area contributed by atoms with E-state index in [1.165, 1.54) is 30.2 Å². The zero-order chi connectivity index (χ0) is 26.4. The standard InChI is InChI=1S/C25H34FN3O5S/c1-7-21(24(31)27-25(2,3)4)28(16-18-11-10-12-19(15-18)34-5)23(30)17-29(35(6,32)33)22-14-9-8-13-20(22)26/h8-15,21H,7,16-17H2,1-6H3,(H,27,31)/t21-/m1/s1. The predicted molar refractivity (Wildman–Crippen MR) is 134 cm³/mol. The third-order valence-electron chi connectivity index (χ3n) is 5.17. The fourth-order valence-corrected chi connectivity index (χ4v) is 4.44. The Bertz CT molecular complexity index is 1150. The Kier molecular flexibility index (Phi) is 9.25. The van der Waals surface area contributed by atoms with E-state index in [4.69, 9.17) is 4.74 Å². The summed E-state index contributed by atoms with van der Waals surface area (Å²) in [6.45, 7) is 6.62. The molecule has 2 aromatic carbocycles. The van der Waals surface area contributed by atoms with Crippen LogP contribution in [0.1, 0.15) is 39.7 Å². The molecule has 192 valence electrons. The van der Waals surface area contributed by atoms with Gasteiger partial charge in [0.1, 0.15) is 24.2 Å². The van der Waals surface area contributed by atoms with Crippen LogP contribution in [0.15, 0.2) is 48.5 Å². The van der Waals surface area contributed by atoms with E-state index in [1.54, 1.807) is 31.2 Å². The van der Waals surface area contributed by atoms with Gasteiger partial charge in [-0.25, -0.2) is 12.8 Å². The molecule has 0 fully saturated rings. The van der Waals surface area contributed by atoms with Crippen LogP contribution in [-0.4, -0.2) is 56.6 Å². The van der Waals surface area contributed by atoms with Gasteiger partial charge < -0.3 is 15.0 Å². The first-order valence-electron chi connectivity index (χ1n) is 11.2. The Morgan fingerprint density at radius 2 is 1.77 bits per heavy atom. The maximum atomic E-state index is 14.5. The summed E-state index contributed by atoms with van der Waals surface area (Å²) in [5, 5.41) is 2.89. The van der Waals surface area contributed by atoms with Crippen LogP contribution in [0.2, 0.25) is 0 Å². The van der Waals surface area contributed by atoms with Crippen molar-refractivity contribution >= 4 is 27.5 Å². The second kappa shape index (κ2) is 11.5. The Labute approximate surface area is 207 Å². The van der Waals surface area contributed by atoms with Crippen LogP contribution in [-0.2, 0) is 26.2 Å². The molecule has 35 heavy (non-hydrogen) atoms. The molecule has 10 heteroatoms. The number of nitrogens with zero attached hydrogens (tertiary/aromatic N) is 2. The monoisotopic (exact) mass is 507 g/mol. The summed E-state index contributed by atoms with van der Waals surface area (Å²) in [5.41, 5.74) is -0.0883. The lowest BCUT2D eigenvalue weighted by atomic mass is 10.1. The van der Waals surface area contributed by atoms with E-state index in [9.17, 15) is 22.4 Å². The average Bonchev–Trinajstić information content (AvgIpc) is 2.76. The quantitative estimate of drug-likeness (QED) is 0.532. The van der Waals surface area contributed by atoms with Crippen molar-refractivity contribution in [2.45, 2.75) is 52.2 Å². The van der Waals surface area contributed by atoms with Gasteiger partial charge in [-0.2, -0.15) is 0 Å². The van der Waals surface area contributed by atoms with E-state index in [0.29, 0.717) is 11.3 Å². The van der Waals surface area contributed by atoms with Gasteiger partial charge in [0, 0.05) is 12.1 Å². The molecule has 0 saturated heterocycles. The highest BCUT2D eigenvalue weighted by Gasteiger charge is 2.33. The molecular weight excluding hydrogens is 473 g/mol. The number of anilines is 1. The van der Waals surface area contributed by atoms with E-state index >= 15 is 0 Å². The first kappa shape index (κ1) is 28.1. The molecule has 0 aliphatic rings. The summed E-state index contributed by atoms with van der Waals surface area (Å²) in [7, 11) is -2.49. The second-order valence-electron chi connectivity index (χ2n) is 9.26. The Morgan fingerprint density at radius 1 is 1.11 bits per heavy atom. The molecule has 0 spiro atoms. The third kappa shape index (κ3) is 7.95. The van der Waals surface area contributed by atoms with Gasteiger partial charge in [0.25, 0.3) is 0 Å². The minimum Gasteiger partial charge on any atom is -0.497 e. The molecule has 8 nitrogen and oxygen atoms in total. The minimum atomic E-state index is -4.01. The van der Waals surface area contributed by atoms with Crippen molar-refractivity contribution in [3.05, 3.63) is 59.9 Å². The van der Waals surface area contributed by atoms with Crippen LogP contribution in [0.4, 0.5) is 10.1 Å². The van der Waals surface area contributed by atoms with Crippen LogP contribution < -0.4 is 14.4 Å². The lowest BCUT2D eigenvalue weighted by Gasteiger charge is -2.34. The van der Waals surface area contributed by atoms with Gasteiger partial charge in [-0.05, 0) is 57.0 Å². The van der Waals surface area contributed by atoms with Crippen LogP contribution in [0, 0.1) is 5.82 Å². The molecule has 0 aromatic heterocycles. The van der Waals surface area contributed by atoms with Crippen molar-refractivity contribution in [2.75, 3.05) is 24.2 Å². The molecule has 1 atom stereocenters. The molecule has 0 bridgehead atoms. The lowest BCUT2D eigenvalue weighted by Crippen LogP contribution is -2.55. The fraction of sp³-hybridized carbons (Fsp3) is 0.440. The Hall–Kier alpha value is -3.14. The van der Waals surface area contributed by atoms with E-state index in [2.05, 4.69) is 5.32 Å². The summed E-state index contributed by atoms with van der Waals surface area (Å²) < 4.78 is 45.5. The van der Waals surface area contributed by atoms with Crippen molar-refractivity contribution in [1.82, 2.24) is 10.2 Å². The normalized spacial score (nSPS) is 12.5. The van der Waals surface area contributed by atoms with Gasteiger partial charge in [0.15, 0.2) is 0 Å². The van der Waals surface area contributed by atoms with Gasteiger partial charge in [-0.3, -0.25) is 13.9 Å². The zero-order valence-corrected chi connectivity index (χ0v) is 21.9. The lowest BCUT2D eigenvalue weighted by molar-refractivity contribution is -0.141. The molecule has 0 radical (unpaired) electrons. The van der Waals surface area contributed by atoms with Gasteiger partial charge in [-0.1, -0.05) is 31.2 Å². The van der Waals surface area contributed by atoms with E-state index in [0.717, 1.165) is 16.6 Å². The number of halogens is 1. The summed E-state index contributed by atoms with van der Waals surface area (Å²) in [6.07, 6.45) is 1.19. The van der Waals surface area contributed by atoms with Crippen molar-refractivity contribution in [3.63, 3.8) is 0 Å². The zero-order valence-electron chi connectivity index (χ0n) is 21.0. The summed E-state index contributed by atoms with van der Waals surface area (Å²) >= 11 is 0. The molecule has 2 rings (SSSR count). The molecular formula is C25H34FN3O5S. The summed E-state index contributed by atoms with van der Waals surface area (Å²) in [5.74, 6) is -1.21. The van der Waals surface area contributed by atoms with Crippen LogP contribution in [0.3, 0.4) is 0 Å². The number of benzene rings is 2. The number of nitrogens with one attached hydrogen (secondary N) is 1. The molecule has 0 heterocycles. The van der Waals surface area contributed by atoms with E-state index in [-0.39, 0.29) is 24.6 Å². The number of sulfonamides is 1. The number of hydrogen-bond acceptors (Lipinski definition) is 5. The number of para-hydroxylation sites is 1. The minimum absolute atomic E-state index is 0.0287. The highest BCUT2D eigenvalue weighted by molar-refractivity contribution is 7.92. The number of rotatable bonds is 10. The average molecular weight is 508 g/mol. The molecule has 0 aliphatic carbocycles. The van der Waals surface area contributed by atoms with Crippen LogP contribution >= 0.6 is 0 Å². The number of ether oxygens (including phenoxy) is 1. The molecule has 2 aromatic rings. The molecule has 0 saturated carbocycles. The van der Waals surface area contributed by atoms with Crippen molar-refractivity contribution in [3.8, 4) is 5.75 Å². The van der Waals surface area contributed by atoms with Gasteiger partial charge in [0.2, 0.25) is 21.8 Å². The predicted octanol–water partition coefficient (Wildman–Crippen LogP) is 3.32. The van der Waals surface area contributed by atoms with Gasteiger partial charge in [-0.15, -0.1) is 0 Å². The first-order valence-corrected chi connectivity index (χ1v) is 13.1. The fourth-order valence-electron chi connectivity index (χ4n) is 3.59. The number of amides is 2. The topological polar surface area (TPSA) is 96.0 Å². The molecule has 0 unspecified atom stereocenters. The highest BCUT2D eigenvalue weighted by atomic mass is 32.2. The number of carbonyl (C=O) groups is 2. The largest absolute Gasteiger partial charge is 0.497 e. The number of hydrogen-bond donors (Lipinski definition) is 1. The highest BCUT2D eigenvalue weighted by Crippen LogP contribution is 2.23. The SMILES string of the molecule is CC[C@H](C(=O)NC(C)(C)C)N(Cc1cccc(OC)c1)C(=O)CN(c1ccccc1F)S(C)(=O)=O. The van der Waals surface area contributed by atoms with Crippen LogP contribution in [0.25, 0.3) is 0 Å². The smallest absolute Gasteiger partial charge is 0.244 e. The Morgan fingerprint density at radius 3 is 2.31 bits per heavy atom. The molecule has 0 aliphatic heterocycles. The summed E-state index contributed by atoms with van der Waals surface area (Å²) in [4.78, 5) is 28.1. The van der Waals surface area contributed by atoms with Gasteiger partial charge in [0.05, 0.1) is 19.1 Å². The third-order valence-corrected chi connectivity index (χ3v) is 6.30. The second-order valence-corrected chi connectivity index (χ2v) is 11.2. The van der Waals surface area contributed by atoms with Gasteiger partial charge >= 0.3 is 0 Å².